The van der Waals surface area contributed by atoms with Crippen molar-refractivity contribution in [2.24, 2.45) is 5.10 Å². The van der Waals surface area contributed by atoms with E-state index in [9.17, 15) is 15.0 Å². The number of carbonyl (C=O) groups excluding carboxylic acids is 1. The molecule has 3 rings (SSSR count). The summed E-state index contributed by atoms with van der Waals surface area (Å²) in [5.74, 6) is -0.515. The molecule has 0 aliphatic heterocycles. The molecule has 3 N–H and O–H groups in total. The zero-order valence-electron chi connectivity index (χ0n) is 13.9. The maximum atomic E-state index is 12.8. The highest BCUT2D eigenvalue weighted by Gasteiger charge is 2.39. The topological polar surface area (TPSA) is 81.9 Å². The number of rotatable bonds is 5. The predicted octanol–water partition coefficient (Wildman–Crippen LogP) is 2.78. The Labute approximate surface area is 151 Å². The third-order valence-corrected chi connectivity index (χ3v) is 3.98. The number of hydrazone groups is 1. The molecule has 0 aliphatic rings. The monoisotopic (exact) mass is 346 g/mol. The van der Waals surface area contributed by atoms with Crippen LogP contribution in [0.15, 0.2) is 90.0 Å². The zero-order chi connectivity index (χ0) is 18.4. The molecule has 3 aromatic rings. The van der Waals surface area contributed by atoms with E-state index in [1.165, 1.54) is 18.3 Å². The second-order valence-corrected chi connectivity index (χ2v) is 5.73. The SMILES string of the molecule is O=C(NN=Cc1ccc(O)cc1)C(O)(c1ccccc1)c1ccccc1. The number of phenolic OH excluding ortho intramolecular Hbond substituents is 1. The van der Waals surface area contributed by atoms with Crippen LogP contribution >= 0.6 is 0 Å². The second kappa shape index (κ2) is 7.63. The molecule has 0 saturated carbocycles. The number of phenols is 1. The van der Waals surface area contributed by atoms with E-state index in [0.29, 0.717) is 16.7 Å². The minimum atomic E-state index is -1.87. The van der Waals surface area contributed by atoms with Crippen molar-refractivity contribution in [3.63, 3.8) is 0 Å². The number of nitrogens with zero attached hydrogens (tertiary/aromatic N) is 1. The van der Waals surface area contributed by atoms with E-state index in [1.807, 2.05) is 12.1 Å². The Kier molecular flexibility index (Phi) is 5.10. The molecule has 0 radical (unpaired) electrons. The average molecular weight is 346 g/mol. The third-order valence-electron chi connectivity index (χ3n) is 3.98. The first kappa shape index (κ1) is 17.4. The van der Waals surface area contributed by atoms with Gasteiger partial charge in [-0.3, -0.25) is 4.79 Å². The van der Waals surface area contributed by atoms with Gasteiger partial charge in [0, 0.05) is 0 Å². The van der Waals surface area contributed by atoms with Gasteiger partial charge in [0.25, 0.3) is 5.91 Å². The number of amides is 1. The van der Waals surface area contributed by atoms with Gasteiger partial charge in [0.1, 0.15) is 5.75 Å². The number of hydrogen-bond acceptors (Lipinski definition) is 4. The van der Waals surface area contributed by atoms with Crippen LogP contribution in [0, 0.1) is 0 Å². The first-order chi connectivity index (χ1) is 12.6. The summed E-state index contributed by atoms with van der Waals surface area (Å²) in [5, 5.41) is 24.4. The summed E-state index contributed by atoms with van der Waals surface area (Å²) in [6.45, 7) is 0. The molecule has 0 saturated heterocycles. The summed E-state index contributed by atoms with van der Waals surface area (Å²) in [5.41, 5.74) is 2.13. The molecule has 5 heteroatoms. The number of benzene rings is 3. The second-order valence-electron chi connectivity index (χ2n) is 5.73. The van der Waals surface area contributed by atoms with Gasteiger partial charge in [0.15, 0.2) is 5.60 Å². The maximum Gasteiger partial charge on any atom is 0.281 e. The van der Waals surface area contributed by atoms with E-state index in [-0.39, 0.29) is 5.75 Å². The number of nitrogens with one attached hydrogen (secondary N) is 1. The Morgan fingerprint density at radius 1 is 0.846 bits per heavy atom. The van der Waals surface area contributed by atoms with Crippen LogP contribution in [0.25, 0.3) is 0 Å². The smallest absolute Gasteiger partial charge is 0.281 e. The molecular weight excluding hydrogens is 328 g/mol. The van der Waals surface area contributed by atoms with Gasteiger partial charge >= 0.3 is 0 Å². The molecule has 0 unspecified atom stereocenters. The number of hydrogen-bond donors (Lipinski definition) is 3. The summed E-state index contributed by atoms with van der Waals surface area (Å²) >= 11 is 0. The van der Waals surface area contributed by atoms with E-state index in [1.54, 1.807) is 60.7 Å². The van der Waals surface area contributed by atoms with Crippen molar-refractivity contribution < 1.29 is 15.0 Å². The van der Waals surface area contributed by atoms with E-state index < -0.39 is 11.5 Å². The lowest BCUT2D eigenvalue weighted by molar-refractivity contribution is -0.136. The van der Waals surface area contributed by atoms with Crippen LogP contribution in [-0.2, 0) is 10.4 Å². The zero-order valence-corrected chi connectivity index (χ0v) is 13.9. The van der Waals surface area contributed by atoms with E-state index >= 15 is 0 Å². The first-order valence-corrected chi connectivity index (χ1v) is 8.06. The minimum Gasteiger partial charge on any atom is -0.508 e. The van der Waals surface area contributed by atoms with Gasteiger partial charge < -0.3 is 10.2 Å². The molecule has 0 aromatic heterocycles. The molecular formula is C21H18N2O3. The Hall–Kier alpha value is -3.44. The Bertz CT molecular complexity index is 852. The average Bonchev–Trinajstić information content (AvgIpc) is 2.70. The van der Waals surface area contributed by atoms with Crippen LogP contribution in [0.5, 0.6) is 5.75 Å². The van der Waals surface area contributed by atoms with Crippen LogP contribution in [0.4, 0.5) is 0 Å². The maximum absolute atomic E-state index is 12.8. The quantitative estimate of drug-likeness (QED) is 0.491. The van der Waals surface area contributed by atoms with Crippen molar-refractivity contribution in [2.75, 3.05) is 0 Å². The van der Waals surface area contributed by atoms with Crippen molar-refractivity contribution >= 4 is 12.1 Å². The molecule has 0 fully saturated rings. The van der Waals surface area contributed by atoms with Gasteiger partial charge in [-0.2, -0.15) is 5.10 Å². The normalized spacial score (nSPS) is 11.4. The molecule has 26 heavy (non-hydrogen) atoms. The van der Waals surface area contributed by atoms with Crippen LogP contribution in [0.1, 0.15) is 16.7 Å². The van der Waals surface area contributed by atoms with Crippen LogP contribution in [-0.4, -0.2) is 22.3 Å². The Morgan fingerprint density at radius 2 is 1.35 bits per heavy atom. The van der Waals surface area contributed by atoms with Gasteiger partial charge in [0.2, 0.25) is 0 Å². The summed E-state index contributed by atoms with van der Waals surface area (Å²) in [7, 11) is 0. The molecule has 0 bridgehead atoms. The van der Waals surface area contributed by atoms with Crippen molar-refractivity contribution in [1.29, 1.82) is 0 Å². The number of aliphatic hydroxyl groups is 1. The fourth-order valence-corrected chi connectivity index (χ4v) is 2.59. The van der Waals surface area contributed by atoms with Crippen LogP contribution in [0.2, 0.25) is 0 Å². The lowest BCUT2D eigenvalue weighted by atomic mass is 9.85. The van der Waals surface area contributed by atoms with Crippen molar-refractivity contribution in [1.82, 2.24) is 5.43 Å². The van der Waals surface area contributed by atoms with E-state index in [0.717, 1.165) is 0 Å². The molecule has 0 heterocycles. The summed E-state index contributed by atoms with van der Waals surface area (Å²) in [4.78, 5) is 12.8. The summed E-state index contributed by atoms with van der Waals surface area (Å²) in [6, 6.07) is 23.8. The molecule has 0 atom stereocenters. The first-order valence-electron chi connectivity index (χ1n) is 8.06. The Morgan fingerprint density at radius 3 is 1.85 bits per heavy atom. The van der Waals surface area contributed by atoms with Gasteiger partial charge in [0.05, 0.1) is 6.21 Å². The summed E-state index contributed by atoms with van der Waals surface area (Å²) in [6.07, 6.45) is 1.44. The third kappa shape index (κ3) is 3.63. The van der Waals surface area contributed by atoms with Gasteiger partial charge in [-0.1, -0.05) is 60.7 Å². The molecule has 5 nitrogen and oxygen atoms in total. The molecule has 3 aromatic carbocycles. The highest BCUT2D eigenvalue weighted by Crippen LogP contribution is 2.29. The predicted molar refractivity (Wildman–Crippen MR) is 99.7 cm³/mol. The van der Waals surface area contributed by atoms with E-state index in [4.69, 9.17) is 0 Å². The van der Waals surface area contributed by atoms with Gasteiger partial charge in [-0.25, -0.2) is 5.43 Å². The van der Waals surface area contributed by atoms with Crippen LogP contribution < -0.4 is 5.43 Å². The highest BCUT2D eigenvalue weighted by atomic mass is 16.3. The lowest BCUT2D eigenvalue weighted by Gasteiger charge is -2.27. The van der Waals surface area contributed by atoms with Crippen LogP contribution in [0.3, 0.4) is 0 Å². The molecule has 0 spiro atoms. The van der Waals surface area contributed by atoms with E-state index in [2.05, 4.69) is 10.5 Å². The largest absolute Gasteiger partial charge is 0.508 e. The standard InChI is InChI=1S/C21H18N2O3/c24-19-13-11-16(12-14-19)15-22-23-20(25)21(26,17-7-3-1-4-8-17)18-9-5-2-6-10-18/h1-15,24,26H,(H,23,25). The number of aromatic hydroxyl groups is 1. The highest BCUT2D eigenvalue weighted by molar-refractivity contribution is 5.91. The van der Waals surface area contributed by atoms with Gasteiger partial charge in [-0.05, 0) is 41.0 Å². The van der Waals surface area contributed by atoms with Crippen molar-refractivity contribution in [2.45, 2.75) is 5.60 Å². The van der Waals surface area contributed by atoms with Crippen molar-refractivity contribution in [3.8, 4) is 5.75 Å². The minimum absolute atomic E-state index is 0.147. The van der Waals surface area contributed by atoms with Crippen molar-refractivity contribution in [3.05, 3.63) is 102 Å². The Balaban J connectivity index is 1.87. The fourth-order valence-electron chi connectivity index (χ4n) is 2.59. The van der Waals surface area contributed by atoms with Gasteiger partial charge in [-0.15, -0.1) is 0 Å². The molecule has 0 aliphatic carbocycles. The lowest BCUT2D eigenvalue weighted by Crippen LogP contribution is -2.43. The molecule has 1 amide bonds. The molecule has 130 valence electrons. The fraction of sp³-hybridized carbons (Fsp3) is 0.0476. The summed E-state index contributed by atoms with van der Waals surface area (Å²) < 4.78 is 0. The number of carbonyl (C=O) groups is 1.